The molecule has 2 N–H and O–H groups in total. The molecule has 0 saturated heterocycles. The van der Waals surface area contributed by atoms with Gasteiger partial charge in [-0.1, -0.05) is 24.3 Å². The Morgan fingerprint density at radius 1 is 1.03 bits per heavy atom. The van der Waals surface area contributed by atoms with Gasteiger partial charge in [-0.3, -0.25) is 0 Å². The maximum Gasteiger partial charge on any atom is 0.337 e. The van der Waals surface area contributed by atoms with Gasteiger partial charge in [0.05, 0.1) is 26.3 Å². The van der Waals surface area contributed by atoms with E-state index in [4.69, 9.17) is 14.2 Å². The number of guanidine groups is 1. The largest absolute Gasteiger partial charge is 0.497 e. The number of benzene rings is 2. The molecule has 0 saturated carbocycles. The van der Waals surface area contributed by atoms with Crippen molar-refractivity contribution < 1.29 is 19.0 Å². The molecular weight excluding hydrogens is 382 g/mol. The smallest absolute Gasteiger partial charge is 0.337 e. The summed E-state index contributed by atoms with van der Waals surface area (Å²) < 4.78 is 15.4. The molecule has 0 heterocycles. The Bertz CT molecular complexity index is 806. The summed E-state index contributed by atoms with van der Waals surface area (Å²) in [5.41, 5.74) is 2.56. The average molecular weight is 414 g/mol. The molecule has 0 unspecified atom stereocenters. The molecule has 0 aliphatic rings. The van der Waals surface area contributed by atoms with E-state index in [-0.39, 0.29) is 5.97 Å². The zero-order chi connectivity index (χ0) is 21.6. The van der Waals surface area contributed by atoms with Crippen LogP contribution in [0.3, 0.4) is 0 Å². The van der Waals surface area contributed by atoms with Crippen molar-refractivity contribution in [2.45, 2.75) is 26.4 Å². The van der Waals surface area contributed by atoms with Gasteiger partial charge >= 0.3 is 5.97 Å². The van der Waals surface area contributed by atoms with Gasteiger partial charge in [-0.15, -0.1) is 0 Å². The molecule has 0 fully saturated rings. The third-order valence-corrected chi connectivity index (χ3v) is 4.35. The number of nitrogens with one attached hydrogen (secondary N) is 2. The number of carbonyl (C=O) groups is 1. The molecule has 0 bridgehead atoms. The fraction of sp³-hybridized carbons (Fsp3) is 0.391. The minimum absolute atomic E-state index is 0.354. The number of rotatable bonds is 11. The zero-order valence-corrected chi connectivity index (χ0v) is 17.9. The number of aliphatic imine (C=N–C) groups is 1. The molecular formula is C23H31N3O4. The van der Waals surface area contributed by atoms with Gasteiger partial charge in [-0.25, -0.2) is 9.79 Å². The van der Waals surface area contributed by atoms with Crippen LogP contribution in [0.25, 0.3) is 0 Å². The average Bonchev–Trinajstić information content (AvgIpc) is 2.80. The van der Waals surface area contributed by atoms with E-state index in [1.807, 2.05) is 43.3 Å². The highest BCUT2D eigenvalue weighted by molar-refractivity contribution is 5.89. The number of methoxy groups -OCH3 is 2. The van der Waals surface area contributed by atoms with Crippen LogP contribution in [-0.4, -0.2) is 45.9 Å². The lowest BCUT2D eigenvalue weighted by Gasteiger charge is -2.13. The number of hydrogen-bond donors (Lipinski definition) is 2. The third kappa shape index (κ3) is 8.13. The standard InChI is InChI=1S/C23H31N3O4/c1-4-30-14-6-13-24-23(25-16-18-9-11-21(28-2)12-10-18)26-17-19-7-5-8-20(15-19)22(27)29-3/h5,7-12,15H,4,6,13-14,16-17H2,1-3H3,(H2,24,25,26). The summed E-state index contributed by atoms with van der Waals surface area (Å²) >= 11 is 0. The van der Waals surface area contributed by atoms with Crippen LogP contribution in [0.5, 0.6) is 5.75 Å². The Hall–Kier alpha value is -3.06. The molecule has 0 radical (unpaired) electrons. The maximum absolute atomic E-state index is 11.7. The fourth-order valence-electron chi connectivity index (χ4n) is 2.71. The van der Waals surface area contributed by atoms with Crippen molar-refractivity contribution in [2.24, 2.45) is 4.99 Å². The van der Waals surface area contributed by atoms with Crippen molar-refractivity contribution in [3.05, 3.63) is 65.2 Å². The van der Waals surface area contributed by atoms with E-state index in [1.165, 1.54) is 7.11 Å². The predicted octanol–water partition coefficient (Wildman–Crippen LogP) is 3.14. The van der Waals surface area contributed by atoms with Crippen molar-refractivity contribution in [3.8, 4) is 5.75 Å². The van der Waals surface area contributed by atoms with Crippen LogP contribution in [-0.2, 0) is 22.6 Å². The maximum atomic E-state index is 11.7. The number of hydrogen-bond acceptors (Lipinski definition) is 5. The van der Waals surface area contributed by atoms with Gasteiger partial charge in [0.1, 0.15) is 5.75 Å². The van der Waals surface area contributed by atoms with E-state index in [0.717, 1.165) is 29.8 Å². The lowest BCUT2D eigenvalue weighted by Crippen LogP contribution is -2.37. The van der Waals surface area contributed by atoms with E-state index in [1.54, 1.807) is 19.2 Å². The van der Waals surface area contributed by atoms with E-state index in [2.05, 4.69) is 15.6 Å². The minimum Gasteiger partial charge on any atom is -0.497 e. The van der Waals surface area contributed by atoms with E-state index in [0.29, 0.717) is 37.8 Å². The van der Waals surface area contributed by atoms with Crippen molar-refractivity contribution in [1.29, 1.82) is 0 Å². The summed E-state index contributed by atoms with van der Waals surface area (Å²) in [6.45, 7) is 5.22. The highest BCUT2D eigenvalue weighted by Gasteiger charge is 2.06. The Labute approximate surface area is 178 Å². The first-order chi connectivity index (χ1) is 14.7. The molecule has 0 spiro atoms. The van der Waals surface area contributed by atoms with Crippen molar-refractivity contribution in [2.75, 3.05) is 34.0 Å². The zero-order valence-electron chi connectivity index (χ0n) is 17.9. The van der Waals surface area contributed by atoms with Gasteiger partial charge in [0.15, 0.2) is 5.96 Å². The summed E-state index contributed by atoms with van der Waals surface area (Å²) in [5.74, 6) is 1.17. The first-order valence-corrected chi connectivity index (χ1v) is 10.1. The minimum atomic E-state index is -0.354. The predicted molar refractivity (Wildman–Crippen MR) is 118 cm³/mol. The second kappa shape index (κ2) is 13.2. The Balaban J connectivity index is 2.00. The number of carbonyl (C=O) groups excluding carboxylic acids is 1. The molecule has 0 aliphatic carbocycles. The fourth-order valence-corrected chi connectivity index (χ4v) is 2.71. The lowest BCUT2D eigenvalue weighted by molar-refractivity contribution is 0.0600. The second-order valence-corrected chi connectivity index (χ2v) is 6.54. The lowest BCUT2D eigenvalue weighted by atomic mass is 10.1. The van der Waals surface area contributed by atoms with Crippen molar-refractivity contribution in [3.63, 3.8) is 0 Å². The summed E-state index contributed by atoms with van der Waals surface area (Å²) in [6, 6.07) is 15.2. The molecule has 0 atom stereocenters. The second-order valence-electron chi connectivity index (χ2n) is 6.54. The summed E-state index contributed by atoms with van der Waals surface area (Å²) in [7, 11) is 3.03. The van der Waals surface area contributed by atoms with Gasteiger partial charge in [-0.2, -0.15) is 0 Å². The van der Waals surface area contributed by atoms with Crippen LogP contribution in [0, 0.1) is 0 Å². The molecule has 7 nitrogen and oxygen atoms in total. The molecule has 0 aliphatic heterocycles. The Kier molecular flexibility index (Phi) is 10.2. The first-order valence-electron chi connectivity index (χ1n) is 10.1. The van der Waals surface area contributed by atoms with E-state index >= 15 is 0 Å². The molecule has 2 aromatic rings. The number of ether oxygens (including phenoxy) is 3. The highest BCUT2D eigenvalue weighted by Crippen LogP contribution is 2.11. The first kappa shape index (κ1) is 23.2. The number of esters is 1. The van der Waals surface area contributed by atoms with Crippen LogP contribution >= 0.6 is 0 Å². The van der Waals surface area contributed by atoms with Gasteiger partial charge in [0.2, 0.25) is 0 Å². The molecule has 162 valence electrons. The molecule has 2 rings (SSSR count). The van der Waals surface area contributed by atoms with Crippen LogP contribution < -0.4 is 15.4 Å². The molecule has 7 heteroatoms. The molecule has 0 amide bonds. The topological polar surface area (TPSA) is 81.2 Å². The van der Waals surface area contributed by atoms with Gasteiger partial charge in [0, 0.05) is 26.3 Å². The van der Waals surface area contributed by atoms with Crippen LogP contribution in [0.15, 0.2) is 53.5 Å². The number of nitrogens with zero attached hydrogens (tertiary/aromatic N) is 1. The quantitative estimate of drug-likeness (QED) is 0.255. The molecule has 0 aromatic heterocycles. The van der Waals surface area contributed by atoms with E-state index < -0.39 is 0 Å². The summed E-state index contributed by atoms with van der Waals surface area (Å²) in [5, 5.41) is 6.68. The van der Waals surface area contributed by atoms with Crippen LogP contribution in [0.2, 0.25) is 0 Å². The normalized spacial score (nSPS) is 11.1. The monoisotopic (exact) mass is 413 g/mol. The van der Waals surface area contributed by atoms with Gasteiger partial charge in [0.25, 0.3) is 0 Å². The SMILES string of the molecule is CCOCCCNC(=NCc1cccc(C(=O)OC)c1)NCc1ccc(OC)cc1. The van der Waals surface area contributed by atoms with Gasteiger partial charge in [-0.05, 0) is 48.7 Å². The van der Waals surface area contributed by atoms with Crippen LogP contribution in [0.1, 0.15) is 34.8 Å². The van der Waals surface area contributed by atoms with Crippen molar-refractivity contribution >= 4 is 11.9 Å². The Morgan fingerprint density at radius 3 is 2.53 bits per heavy atom. The summed E-state index contributed by atoms with van der Waals surface area (Å²) in [6.07, 6.45) is 0.884. The van der Waals surface area contributed by atoms with Crippen LogP contribution in [0.4, 0.5) is 0 Å². The van der Waals surface area contributed by atoms with E-state index in [9.17, 15) is 4.79 Å². The third-order valence-electron chi connectivity index (χ3n) is 4.35. The van der Waals surface area contributed by atoms with Gasteiger partial charge < -0.3 is 24.8 Å². The summed E-state index contributed by atoms with van der Waals surface area (Å²) in [4.78, 5) is 16.4. The molecule has 30 heavy (non-hydrogen) atoms. The molecule has 2 aromatic carbocycles. The highest BCUT2D eigenvalue weighted by atomic mass is 16.5. The van der Waals surface area contributed by atoms with Crippen molar-refractivity contribution in [1.82, 2.24) is 10.6 Å². The Morgan fingerprint density at radius 2 is 1.83 bits per heavy atom.